The van der Waals surface area contributed by atoms with Gasteiger partial charge in [-0.1, -0.05) is 0 Å². The predicted octanol–water partition coefficient (Wildman–Crippen LogP) is 1.11. The molecule has 0 aliphatic carbocycles. The fraction of sp³-hybridized carbons (Fsp3) is 0.800. The number of piperazine rings is 1. The summed E-state index contributed by atoms with van der Waals surface area (Å²) < 4.78 is 4.39. The minimum Gasteiger partial charge on any atom is -0.358 e. The first-order chi connectivity index (χ1) is 7.65. The highest BCUT2D eigenvalue weighted by atomic mass is 32.1. The number of anilines is 2. The Hall–Kier alpha value is -0.880. The molecule has 0 amide bonds. The van der Waals surface area contributed by atoms with Gasteiger partial charge in [0.1, 0.15) is 0 Å². The van der Waals surface area contributed by atoms with Crippen LogP contribution in [0.4, 0.5) is 11.1 Å². The van der Waals surface area contributed by atoms with Crippen LogP contribution in [-0.4, -0.2) is 53.5 Å². The Morgan fingerprint density at radius 1 is 1.25 bits per heavy atom. The molecule has 1 aliphatic rings. The number of hydrogen-bond donors (Lipinski definition) is 1. The largest absolute Gasteiger partial charge is 0.358 e. The van der Waals surface area contributed by atoms with Crippen molar-refractivity contribution >= 4 is 22.6 Å². The van der Waals surface area contributed by atoms with E-state index in [4.69, 9.17) is 0 Å². The highest BCUT2D eigenvalue weighted by Gasteiger charge is 2.17. The van der Waals surface area contributed by atoms with Crippen LogP contribution >= 0.6 is 11.5 Å². The van der Waals surface area contributed by atoms with E-state index in [0.717, 1.165) is 37.3 Å². The summed E-state index contributed by atoms with van der Waals surface area (Å²) in [5.74, 6) is 0.876. The van der Waals surface area contributed by atoms with Crippen molar-refractivity contribution < 1.29 is 0 Å². The number of hydrogen-bond acceptors (Lipinski definition) is 6. The third kappa shape index (κ3) is 2.82. The van der Waals surface area contributed by atoms with Gasteiger partial charge < -0.3 is 15.1 Å². The van der Waals surface area contributed by atoms with Gasteiger partial charge in [-0.05, 0) is 20.9 Å². The molecule has 0 atom stereocenters. The average Bonchev–Trinajstić information content (AvgIpc) is 2.66. The Morgan fingerprint density at radius 2 is 1.94 bits per heavy atom. The molecular weight excluding hydrogens is 222 g/mol. The number of aromatic nitrogens is 2. The van der Waals surface area contributed by atoms with Crippen LogP contribution < -0.4 is 10.2 Å². The van der Waals surface area contributed by atoms with Gasteiger partial charge in [-0.15, -0.1) is 0 Å². The minimum absolute atomic E-state index is 0.410. The average molecular weight is 241 g/mol. The number of nitrogens with one attached hydrogen (secondary N) is 1. The van der Waals surface area contributed by atoms with Crippen LogP contribution in [0.15, 0.2) is 0 Å². The van der Waals surface area contributed by atoms with Crippen molar-refractivity contribution in [2.45, 2.75) is 19.9 Å². The normalized spacial score (nSPS) is 18.1. The molecule has 0 radical (unpaired) electrons. The van der Waals surface area contributed by atoms with E-state index in [2.05, 4.69) is 45.4 Å². The van der Waals surface area contributed by atoms with Crippen molar-refractivity contribution in [2.75, 3.05) is 43.4 Å². The molecule has 1 aromatic rings. The molecular formula is C10H19N5S. The van der Waals surface area contributed by atoms with Crippen LogP contribution in [-0.2, 0) is 0 Å². The molecule has 1 aromatic heterocycles. The predicted molar refractivity (Wildman–Crippen MR) is 68.4 cm³/mol. The zero-order chi connectivity index (χ0) is 11.5. The lowest BCUT2D eigenvalue weighted by Crippen LogP contribution is -2.44. The van der Waals surface area contributed by atoms with Crippen LogP contribution in [0.25, 0.3) is 0 Å². The highest BCUT2D eigenvalue weighted by molar-refractivity contribution is 7.09. The number of rotatable bonds is 3. The molecule has 0 saturated carbocycles. The van der Waals surface area contributed by atoms with Gasteiger partial charge in [-0.25, -0.2) is 0 Å². The van der Waals surface area contributed by atoms with E-state index < -0.39 is 0 Å². The second-order valence-electron chi connectivity index (χ2n) is 4.49. The summed E-state index contributed by atoms with van der Waals surface area (Å²) in [6.07, 6.45) is 0. The van der Waals surface area contributed by atoms with Gasteiger partial charge in [-0.3, -0.25) is 0 Å². The molecule has 6 heteroatoms. The molecule has 0 bridgehead atoms. The maximum absolute atomic E-state index is 4.50. The van der Waals surface area contributed by atoms with Gasteiger partial charge in [-0.2, -0.15) is 9.36 Å². The zero-order valence-electron chi connectivity index (χ0n) is 10.1. The third-order valence-electron chi connectivity index (χ3n) is 2.61. The highest BCUT2D eigenvalue weighted by Crippen LogP contribution is 2.19. The Balaban J connectivity index is 1.96. The fourth-order valence-corrected chi connectivity index (χ4v) is 2.39. The van der Waals surface area contributed by atoms with Crippen molar-refractivity contribution in [3.8, 4) is 0 Å². The Kier molecular flexibility index (Phi) is 3.60. The number of nitrogens with zero attached hydrogens (tertiary/aromatic N) is 4. The Labute approximate surface area is 101 Å². The number of likely N-dealkylation sites (N-methyl/N-ethyl adjacent to an activating group) is 1. The fourth-order valence-electron chi connectivity index (χ4n) is 1.66. The molecule has 0 unspecified atom stereocenters. The van der Waals surface area contributed by atoms with Gasteiger partial charge in [0, 0.05) is 43.8 Å². The first-order valence-corrected chi connectivity index (χ1v) is 6.46. The molecule has 90 valence electrons. The van der Waals surface area contributed by atoms with Crippen LogP contribution in [0.5, 0.6) is 0 Å². The summed E-state index contributed by atoms with van der Waals surface area (Å²) in [5, 5.41) is 4.20. The minimum atomic E-state index is 0.410. The second-order valence-corrected chi connectivity index (χ2v) is 5.24. The SMILES string of the molecule is CC(C)Nc1nc(N2CCN(C)CC2)ns1. The van der Waals surface area contributed by atoms with Crippen molar-refractivity contribution in [3.63, 3.8) is 0 Å². The van der Waals surface area contributed by atoms with E-state index in [1.165, 1.54) is 11.5 Å². The third-order valence-corrected chi connectivity index (χ3v) is 3.25. The Bertz CT molecular complexity index is 330. The molecule has 2 heterocycles. The quantitative estimate of drug-likeness (QED) is 0.859. The summed E-state index contributed by atoms with van der Waals surface area (Å²) in [4.78, 5) is 9.08. The van der Waals surface area contributed by atoms with Crippen molar-refractivity contribution in [2.24, 2.45) is 0 Å². The van der Waals surface area contributed by atoms with Gasteiger partial charge in [0.25, 0.3) is 0 Å². The molecule has 1 fully saturated rings. The van der Waals surface area contributed by atoms with E-state index in [1.807, 2.05) is 0 Å². The van der Waals surface area contributed by atoms with Gasteiger partial charge in [0.15, 0.2) is 0 Å². The van der Waals surface area contributed by atoms with Gasteiger partial charge >= 0.3 is 0 Å². The van der Waals surface area contributed by atoms with Gasteiger partial charge in [0.2, 0.25) is 11.1 Å². The molecule has 1 aliphatic heterocycles. The molecule has 2 rings (SSSR count). The monoisotopic (exact) mass is 241 g/mol. The van der Waals surface area contributed by atoms with E-state index in [1.54, 1.807) is 0 Å². The maximum atomic E-state index is 4.50. The summed E-state index contributed by atoms with van der Waals surface area (Å²) in [6.45, 7) is 8.44. The first-order valence-electron chi connectivity index (χ1n) is 5.69. The summed E-state index contributed by atoms with van der Waals surface area (Å²) in [7, 11) is 2.15. The summed E-state index contributed by atoms with van der Waals surface area (Å²) >= 11 is 1.44. The van der Waals surface area contributed by atoms with Crippen LogP contribution in [0.3, 0.4) is 0 Å². The van der Waals surface area contributed by atoms with E-state index >= 15 is 0 Å². The van der Waals surface area contributed by atoms with Crippen molar-refractivity contribution in [1.29, 1.82) is 0 Å². The van der Waals surface area contributed by atoms with Crippen LogP contribution in [0, 0.1) is 0 Å². The second kappa shape index (κ2) is 4.97. The van der Waals surface area contributed by atoms with Gasteiger partial charge in [0.05, 0.1) is 0 Å². The zero-order valence-corrected chi connectivity index (χ0v) is 10.9. The molecule has 16 heavy (non-hydrogen) atoms. The van der Waals surface area contributed by atoms with Crippen molar-refractivity contribution in [1.82, 2.24) is 14.3 Å². The molecule has 1 saturated heterocycles. The van der Waals surface area contributed by atoms with E-state index in [9.17, 15) is 0 Å². The van der Waals surface area contributed by atoms with E-state index in [-0.39, 0.29) is 0 Å². The lowest BCUT2D eigenvalue weighted by Gasteiger charge is -2.31. The standard InChI is InChI=1S/C10H19N5S/c1-8(2)11-10-12-9(13-16-10)15-6-4-14(3)5-7-15/h8H,4-7H2,1-3H3,(H,11,12,13). The van der Waals surface area contributed by atoms with Crippen molar-refractivity contribution in [3.05, 3.63) is 0 Å². The van der Waals surface area contributed by atoms with Crippen LogP contribution in [0.1, 0.15) is 13.8 Å². The Morgan fingerprint density at radius 3 is 2.56 bits per heavy atom. The van der Waals surface area contributed by atoms with Crippen LogP contribution in [0.2, 0.25) is 0 Å². The lowest BCUT2D eigenvalue weighted by atomic mass is 10.3. The molecule has 0 spiro atoms. The summed E-state index contributed by atoms with van der Waals surface area (Å²) in [6, 6.07) is 0.410. The molecule has 0 aromatic carbocycles. The first kappa shape index (κ1) is 11.6. The lowest BCUT2D eigenvalue weighted by molar-refractivity contribution is 0.311. The smallest absolute Gasteiger partial charge is 0.239 e. The summed E-state index contributed by atoms with van der Waals surface area (Å²) in [5.41, 5.74) is 0. The maximum Gasteiger partial charge on any atom is 0.239 e. The molecule has 1 N–H and O–H groups in total. The molecule has 5 nitrogen and oxygen atoms in total. The van der Waals surface area contributed by atoms with E-state index in [0.29, 0.717) is 6.04 Å². The topological polar surface area (TPSA) is 44.3 Å².